The predicted molar refractivity (Wildman–Crippen MR) is 52.0 cm³/mol. The smallest absolute Gasteiger partial charge is 0.269 e. The van der Waals surface area contributed by atoms with Crippen molar-refractivity contribution in [1.82, 2.24) is 4.57 Å². The zero-order valence-corrected chi connectivity index (χ0v) is 8.24. The second kappa shape index (κ2) is 4.07. The first-order valence-electron chi connectivity index (χ1n) is 4.33. The Labute approximate surface area is 82.0 Å². The summed E-state index contributed by atoms with van der Waals surface area (Å²) < 4.78 is 1.41. The van der Waals surface area contributed by atoms with Crippen LogP contribution in [-0.4, -0.2) is 16.3 Å². The van der Waals surface area contributed by atoms with Crippen molar-refractivity contribution < 1.29 is 5.11 Å². The Morgan fingerprint density at radius 3 is 2.71 bits per heavy atom. The van der Waals surface area contributed by atoms with Crippen LogP contribution in [0.2, 0.25) is 0 Å². The molecule has 0 unspecified atom stereocenters. The van der Waals surface area contributed by atoms with Gasteiger partial charge in [0.2, 0.25) is 0 Å². The molecule has 0 radical (unpaired) electrons. The second-order valence-corrected chi connectivity index (χ2v) is 3.14. The lowest BCUT2D eigenvalue weighted by Crippen LogP contribution is -2.26. The average molecular weight is 192 g/mol. The van der Waals surface area contributed by atoms with Gasteiger partial charge in [-0.2, -0.15) is 5.26 Å². The molecular formula is C10H12N2O2. The third-order valence-electron chi connectivity index (χ3n) is 2.14. The Balaban J connectivity index is 3.46. The minimum absolute atomic E-state index is 0.103. The molecule has 1 rings (SSSR count). The van der Waals surface area contributed by atoms with Gasteiger partial charge in [0.05, 0.1) is 6.61 Å². The van der Waals surface area contributed by atoms with Crippen LogP contribution in [0.4, 0.5) is 0 Å². The number of rotatable bonds is 2. The summed E-state index contributed by atoms with van der Waals surface area (Å²) in [5.41, 5.74) is 1.29. The Morgan fingerprint density at radius 1 is 1.57 bits per heavy atom. The van der Waals surface area contributed by atoms with Crippen LogP contribution in [0.25, 0.3) is 0 Å². The zero-order valence-electron chi connectivity index (χ0n) is 8.24. The summed E-state index contributed by atoms with van der Waals surface area (Å²) in [6, 6.07) is 3.65. The van der Waals surface area contributed by atoms with E-state index in [4.69, 9.17) is 10.4 Å². The molecule has 0 aliphatic rings. The molecule has 0 amide bonds. The molecule has 1 aromatic rings. The van der Waals surface area contributed by atoms with E-state index in [1.54, 1.807) is 19.9 Å². The Kier molecular flexibility index (Phi) is 3.05. The highest BCUT2D eigenvalue weighted by Gasteiger charge is 2.08. The van der Waals surface area contributed by atoms with Gasteiger partial charge < -0.3 is 9.67 Å². The quantitative estimate of drug-likeness (QED) is 0.734. The highest BCUT2D eigenvalue weighted by Crippen LogP contribution is 2.04. The molecule has 1 heterocycles. The van der Waals surface area contributed by atoms with Crippen molar-refractivity contribution in [3.8, 4) is 6.07 Å². The van der Waals surface area contributed by atoms with Gasteiger partial charge in [-0.15, -0.1) is 0 Å². The van der Waals surface area contributed by atoms with Gasteiger partial charge in [-0.3, -0.25) is 4.79 Å². The van der Waals surface area contributed by atoms with Crippen molar-refractivity contribution in [2.75, 3.05) is 6.61 Å². The van der Waals surface area contributed by atoms with Gasteiger partial charge in [0.25, 0.3) is 5.56 Å². The molecule has 0 aromatic carbocycles. The Bertz CT molecular complexity index is 441. The minimum atomic E-state index is -0.320. The lowest BCUT2D eigenvalue weighted by Gasteiger charge is -2.09. The summed E-state index contributed by atoms with van der Waals surface area (Å²) in [5.74, 6) is 0. The molecule has 0 spiro atoms. The standard InChI is InChI=1S/C10H12N2O2/c1-7-5-8(2)12(3-4-13)10(14)9(7)6-11/h5,13H,3-4H2,1-2H3. The molecule has 1 N–H and O–H groups in total. The van der Waals surface area contributed by atoms with E-state index in [9.17, 15) is 4.79 Å². The molecule has 1 aromatic heterocycles. The van der Waals surface area contributed by atoms with Gasteiger partial charge in [0, 0.05) is 12.2 Å². The maximum atomic E-state index is 11.7. The first-order chi connectivity index (χ1) is 6.61. The van der Waals surface area contributed by atoms with Gasteiger partial charge in [0.1, 0.15) is 11.6 Å². The number of aromatic nitrogens is 1. The number of aliphatic hydroxyl groups excluding tert-OH is 1. The van der Waals surface area contributed by atoms with E-state index < -0.39 is 0 Å². The summed E-state index contributed by atoms with van der Waals surface area (Å²) in [4.78, 5) is 11.7. The Hall–Kier alpha value is -1.60. The van der Waals surface area contributed by atoms with Crippen LogP contribution < -0.4 is 5.56 Å². The molecule has 0 aliphatic heterocycles. The van der Waals surface area contributed by atoms with E-state index in [1.165, 1.54) is 4.57 Å². The lowest BCUT2D eigenvalue weighted by molar-refractivity contribution is 0.273. The number of hydrogen-bond acceptors (Lipinski definition) is 3. The van der Waals surface area contributed by atoms with E-state index in [0.29, 0.717) is 5.56 Å². The fraction of sp³-hybridized carbons (Fsp3) is 0.400. The molecule has 0 fully saturated rings. The van der Waals surface area contributed by atoms with Gasteiger partial charge in [-0.1, -0.05) is 0 Å². The lowest BCUT2D eigenvalue weighted by atomic mass is 10.1. The number of aryl methyl sites for hydroxylation is 2. The van der Waals surface area contributed by atoms with E-state index in [2.05, 4.69) is 0 Å². The van der Waals surface area contributed by atoms with Gasteiger partial charge in [-0.05, 0) is 25.5 Å². The molecule has 0 saturated heterocycles. The molecule has 0 aliphatic carbocycles. The minimum Gasteiger partial charge on any atom is -0.395 e. The maximum absolute atomic E-state index is 11.7. The zero-order chi connectivity index (χ0) is 10.7. The third-order valence-corrected chi connectivity index (χ3v) is 2.14. The normalized spacial score (nSPS) is 9.86. The largest absolute Gasteiger partial charge is 0.395 e. The van der Waals surface area contributed by atoms with Crippen LogP contribution in [0.15, 0.2) is 10.9 Å². The van der Waals surface area contributed by atoms with E-state index in [1.807, 2.05) is 6.07 Å². The van der Waals surface area contributed by atoms with Crippen molar-refractivity contribution in [3.63, 3.8) is 0 Å². The summed E-state index contributed by atoms with van der Waals surface area (Å²) in [5, 5.41) is 17.5. The molecule has 74 valence electrons. The number of pyridine rings is 1. The molecule has 0 saturated carbocycles. The highest BCUT2D eigenvalue weighted by molar-refractivity contribution is 5.36. The SMILES string of the molecule is Cc1cc(C)n(CCO)c(=O)c1C#N. The van der Waals surface area contributed by atoms with Crippen LogP contribution in [0.1, 0.15) is 16.8 Å². The van der Waals surface area contributed by atoms with Crippen LogP contribution >= 0.6 is 0 Å². The topological polar surface area (TPSA) is 66.0 Å². The van der Waals surface area contributed by atoms with E-state index in [0.717, 1.165) is 5.69 Å². The molecule has 0 atom stereocenters. The van der Waals surface area contributed by atoms with Gasteiger partial charge in [-0.25, -0.2) is 0 Å². The second-order valence-electron chi connectivity index (χ2n) is 3.14. The van der Waals surface area contributed by atoms with Crippen molar-refractivity contribution >= 4 is 0 Å². The molecule has 4 nitrogen and oxygen atoms in total. The van der Waals surface area contributed by atoms with E-state index in [-0.39, 0.29) is 24.3 Å². The summed E-state index contributed by atoms with van der Waals surface area (Å²) >= 11 is 0. The molecule has 14 heavy (non-hydrogen) atoms. The third kappa shape index (κ3) is 1.68. The summed E-state index contributed by atoms with van der Waals surface area (Å²) in [6.45, 7) is 3.65. The van der Waals surface area contributed by atoms with Crippen LogP contribution in [0, 0.1) is 25.2 Å². The summed E-state index contributed by atoms with van der Waals surface area (Å²) in [7, 11) is 0. The van der Waals surface area contributed by atoms with Crippen molar-refractivity contribution in [3.05, 3.63) is 33.2 Å². The maximum Gasteiger partial charge on any atom is 0.269 e. The van der Waals surface area contributed by atoms with Gasteiger partial charge >= 0.3 is 0 Å². The van der Waals surface area contributed by atoms with Crippen molar-refractivity contribution in [2.24, 2.45) is 0 Å². The fourth-order valence-corrected chi connectivity index (χ4v) is 1.44. The molecule has 4 heteroatoms. The number of nitrogens with zero attached hydrogens (tertiary/aromatic N) is 2. The summed E-state index contributed by atoms with van der Waals surface area (Å²) in [6.07, 6.45) is 0. The van der Waals surface area contributed by atoms with Crippen molar-refractivity contribution in [2.45, 2.75) is 20.4 Å². The number of nitriles is 1. The van der Waals surface area contributed by atoms with Gasteiger partial charge in [0.15, 0.2) is 0 Å². The molecule has 0 bridgehead atoms. The number of hydrogen-bond donors (Lipinski definition) is 1. The van der Waals surface area contributed by atoms with Crippen molar-refractivity contribution in [1.29, 1.82) is 5.26 Å². The van der Waals surface area contributed by atoms with Crippen LogP contribution in [-0.2, 0) is 6.54 Å². The van der Waals surface area contributed by atoms with E-state index >= 15 is 0 Å². The monoisotopic (exact) mass is 192 g/mol. The highest BCUT2D eigenvalue weighted by atomic mass is 16.3. The number of aliphatic hydroxyl groups is 1. The fourth-order valence-electron chi connectivity index (χ4n) is 1.44. The Morgan fingerprint density at radius 2 is 2.21 bits per heavy atom. The van der Waals surface area contributed by atoms with Crippen LogP contribution in [0.3, 0.4) is 0 Å². The predicted octanol–water partition coefficient (Wildman–Crippen LogP) is 0.329. The first-order valence-corrected chi connectivity index (χ1v) is 4.33. The first kappa shape index (κ1) is 10.5. The average Bonchev–Trinajstić information content (AvgIpc) is 2.12. The molecular weight excluding hydrogens is 180 g/mol. The van der Waals surface area contributed by atoms with Crippen LogP contribution in [0.5, 0.6) is 0 Å².